The van der Waals surface area contributed by atoms with Gasteiger partial charge in [-0.1, -0.05) is 53.6 Å². The molecule has 3 aromatic rings. The lowest BCUT2D eigenvalue weighted by Crippen LogP contribution is -2.14. The minimum absolute atomic E-state index is 0.571. The van der Waals surface area contributed by atoms with Crippen molar-refractivity contribution in [1.29, 1.82) is 0 Å². The molecule has 1 atom stereocenters. The number of aryl methyl sites for hydroxylation is 2. The number of rotatable bonds is 7. The van der Waals surface area contributed by atoms with Crippen LogP contribution in [0.4, 0.5) is 0 Å². The highest BCUT2D eigenvalue weighted by atomic mass is 35.5. The second-order valence-corrected chi connectivity index (χ2v) is 6.92. The van der Waals surface area contributed by atoms with E-state index in [0.29, 0.717) is 5.92 Å². The molecule has 0 fully saturated rings. The third kappa shape index (κ3) is 4.97. The molecule has 0 saturated heterocycles. The van der Waals surface area contributed by atoms with Gasteiger partial charge in [-0.05, 0) is 55.4 Å². The second-order valence-electron chi connectivity index (χ2n) is 6.48. The van der Waals surface area contributed by atoms with E-state index in [9.17, 15) is 0 Å². The van der Waals surface area contributed by atoms with E-state index >= 15 is 0 Å². The summed E-state index contributed by atoms with van der Waals surface area (Å²) in [4.78, 5) is 4.17. The highest BCUT2D eigenvalue weighted by molar-refractivity contribution is 6.30. The van der Waals surface area contributed by atoms with E-state index in [4.69, 9.17) is 11.6 Å². The minimum Gasteiger partial charge on any atom is -0.337 e. The molecule has 0 bridgehead atoms. The van der Waals surface area contributed by atoms with Crippen molar-refractivity contribution in [1.82, 2.24) is 9.55 Å². The summed E-state index contributed by atoms with van der Waals surface area (Å²) in [6, 6.07) is 17.1. The van der Waals surface area contributed by atoms with Gasteiger partial charge in [0.2, 0.25) is 0 Å². The first-order valence-corrected chi connectivity index (χ1v) is 8.82. The van der Waals surface area contributed by atoms with Gasteiger partial charge in [0, 0.05) is 24.0 Å². The maximum atomic E-state index is 6.00. The van der Waals surface area contributed by atoms with E-state index in [1.54, 1.807) is 0 Å². The molecule has 3 rings (SSSR count). The summed E-state index contributed by atoms with van der Waals surface area (Å²) >= 11 is 6.00. The van der Waals surface area contributed by atoms with Crippen LogP contribution < -0.4 is 0 Å². The quantitative estimate of drug-likeness (QED) is 0.568. The molecule has 0 saturated carbocycles. The summed E-state index contributed by atoms with van der Waals surface area (Å²) in [6.45, 7) is 3.13. The Labute approximate surface area is 149 Å². The fourth-order valence-corrected chi connectivity index (χ4v) is 3.16. The first-order chi connectivity index (χ1) is 11.7. The summed E-state index contributed by atoms with van der Waals surface area (Å²) in [6.07, 6.45) is 9.11. The van der Waals surface area contributed by atoms with E-state index in [2.05, 4.69) is 52.9 Å². The van der Waals surface area contributed by atoms with Crippen LogP contribution in [0.15, 0.2) is 67.3 Å². The Morgan fingerprint density at radius 1 is 1.00 bits per heavy atom. The van der Waals surface area contributed by atoms with E-state index in [1.165, 1.54) is 16.7 Å². The van der Waals surface area contributed by atoms with Crippen LogP contribution in [0.3, 0.4) is 0 Å². The van der Waals surface area contributed by atoms with Crippen molar-refractivity contribution in [3.8, 4) is 0 Å². The normalized spacial score (nSPS) is 12.2. The SMILES string of the molecule is Cc1ccc(CCC(Cc2ccc(Cl)cc2)Cn2ccnc2)cc1. The standard InChI is InChI=1S/C21H23ClN2/c1-17-2-4-18(5-3-17)6-7-20(15-24-13-12-23-16-24)14-19-8-10-21(22)11-9-19/h2-5,8-13,16,20H,6-7,14-15H2,1H3. The van der Waals surface area contributed by atoms with Gasteiger partial charge < -0.3 is 4.57 Å². The maximum Gasteiger partial charge on any atom is 0.0945 e. The van der Waals surface area contributed by atoms with Crippen LogP contribution in [0.1, 0.15) is 23.1 Å². The van der Waals surface area contributed by atoms with Crippen molar-refractivity contribution in [3.63, 3.8) is 0 Å². The summed E-state index contributed by atoms with van der Waals surface area (Å²) < 4.78 is 2.18. The zero-order valence-electron chi connectivity index (χ0n) is 14.0. The van der Waals surface area contributed by atoms with E-state index in [1.807, 2.05) is 30.9 Å². The van der Waals surface area contributed by atoms with Gasteiger partial charge in [0.1, 0.15) is 0 Å². The molecule has 0 spiro atoms. The average molecular weight is 339 g/mol. The molecule has 0 amide bonds. The van der Waals surface area contributed by atoms with E-state index in [-0.39, 0.29) is 0 Å². The smallest absolute Gasteiger partial charge is 0.0945 e. The molecule has 24 heavy (non-hydrogen) atoms. The number of imidazole rings is 1. The highest BCUT2D eigenvalue weighted by Crippen LogP contribution is 2.19. The molecule has 124 valence electrons. The number of nitrogens with zero attached hydrogens (tertiary/aromatic N) is 2. The maximum absolute atomic E-state index is 6.00. The van der Waals surface area contributed by atoms with Gasteiger partial charge in [-0.2, -0.15) is 0 Å². The van der Waals surface area contributed by atoms with Gasteiger partial charge in [-0.3, -0.25) is 0 Å². The summed E-state index contributed by atoms with van der Waals surface area (Å²) in [7, 11) is 0. The van der Waals surface area contributed by atoms with Gasteiger partial charge in [-0.25, -0.2) is 4.98 Å². The van der Waals surface area contributed by atoms with Gasteiger partial charge in [0.15, 0.2) is 0 Å². The van der Waals surface area contributed by atoms with Crippen LogP contribution in [0.2, 0.25) is 5.02 Å². The van der Waals surface area contributed by atoms with Crippen molar-refractivity contribution in [2.24, 2.45) is 5.92 Å². The zero-order valence-corrected chi connectivity index (χ0v) is 14.8. The van der Waals surface area contributed by atoms with Gasteiger partial charge in [-0.15, -0.1) is 0 Å². The van der Waals surface area contributed by atoms with Gasteiger partial charge in [0.05, 0.1) is 6.33 Å². The Hall–Kier alpha value is -2.06. The molecule has 1 unspecified atom stereocenters. The minimum atomic E-state index is 0.571. The second kappa shape index (κ2) is 8.16. The number of benzene rings is 2. The van der Waals surface area contributed by atoms with Crippen molar-refractivity contribution in [2.45, 2.75) is 32.7 Å². The third-order valence-corrected chi connectivity index (χ3v) is 4.68. The first-order valence-electron chi connectivity index (χ1n) is 8.45. The molecule has 0 aliphatic heterocycles. The number of hydrogen-bond donors (Lipinski definition) is 0. The van der Waals surface area contributed by atoms with Crippen LogP contribution in [0.25, 0.3) is 0 Å². The molecule has 0 aliphatic carbocycles. The van der Waals surface area contributed by atoms with Gasteiger partial charge >= 0.3 is 0 Å². The zero-order chi connectivity index (χ0) is 16.8. The highest BCUT2D eigenvalue weighted by Gasteiger charge is 2.11. The number of hydrogen-bond acceptors (Lipinski definition) is 1. The summed E-state index contributed by atoms with van der Waals surface area (Å²) in [5, 5.41) is 0.796. The van der Waals surface area contributed by atoms with E-state index in [0.717, 1.165) is 30.8 Å². The lowest BCUT2D eigenvalue weighted by Gasteiger charge is -2.18. The Morgan fingerprint density at radius 2 is 1.71 bits per heavy atom. The molecular weight excluding hydrogens is 316 g/mol. The fraction of sp³-hybridized carbons (Fsp3) is 0.286. The number of aromatic nitrogens is 2. The van der Waals surface area contributed by atoms with Crippen LogP contribution in [-0.2, 0) is 19.4 Å². The van der Waals surface area contributed by atoms with Crippen molar-refractivity contribution in [2.75, 3.05) is 0 Å². The molecular formula is C21H23ClN2. The molecule has 0 N–H and O–H groups in total. The summed E-state index contributed by atoms with van der Waals surface area (Å²) in [5.41, 5.74) is 4.07. The Morgan fingerprint density at radius 3 is 2.38 bits per heavy atom. The Bertz CT molecular complexity index is 731. The number of halogens is 1. The van der Waals surface area contributed by atoms with Crippen LogP contribution in [0.5, 0.6) is 0 Å². The molecule has 2 nitrogen and oxygen atoms in total. The molecule has 1 aromatic heterocycles. The Balaban J connectivity index is 1.66. The molecule has 2 aromatic carbocycles. The third-order valence-electron chi connectivity index (χ3n) is 4.43. The molecule has 1 heterocycles. The van der Waals surface area contributed by atoms with Gasteiger partial charge in [0.25, 0.3) is 0 Å². The topological polar surface area (TPSA) is 17.8 Å². The summed E-state index contributed by atoms with van der Waals surface area (Å²) in [5.74, 6) is 0.571. The van der Waals surface area contributed by atoms with Crippen molar-refractivity contribution in [3.05, 3.63) is 89.0 Å². The monoisotopic (exact) mass is 338 g/mol. The predicted molar refractivity (Wildman–Crippen MR) is 100 cm³/mol. The van der Waals surface area contributed by atoms with Crippen LogP contribution >= 0.6 is 11.6 Å². The lowest BCUT2D eigenvalue weighted by molar-refractivity contribution is 0.412. The first kappa shape index (κ1) is 16.8. The lowest BCUT2D eigenvalue weighted by atomic mass is 9.92. The molecule has 0 aliphatic rings. The molecule has 0 radical (unpaired) electrons. The fourth-order valence-electron chi connectivity index (χ4n) is 3.03. The Kier molecular flexibility index (Phi) is 5.71. The molecule has 3 heteroatoms. The predicted octanol–water partition coefficient (Wildman–Crippen LogP) is 5.34. The van der Waals surface area contributed by atoms with Crippen LogP contribution in [-0.4, -0.2) is 9.55 Å². The van der Waals surface area contributed by atoms with E-state index < -0.39 is 0 Å². The average Bonchev–Trinajstić information content (AvgIpc) is 3.09. The van der Waals surface area contributed by atoms with Crippen molar-refractivity contribution >= 4 is 11.6 Å². The largest absolute Gasteiger partial charge is 0.337 e. The van der Waals surface area contributed by atoms with Crippen molar-refractivity contribution < 1.29 is 0 Å². The van der Waals surface area contributed by atoms with Crippen LogP contribution in [0, 0.1) is 12.8 Å².